The molecular formula is C13H26N4O2. The minimum atomic E-state index is -0.519. The van der Waals surface area contributed by atoms with E-state index in [0.29, 0.717) is 12.0 Å². The van der Waals surface area contributed by atoms with E-state index in [2.05, 4.69) is 29.8 Å². The maximum absolute atomic E-state index is 12.0. The Bertz CT molecular complexity index is 301. The van der Waals surface area contributed by atoms with Crippen LogP contribution in [0.25, 0.3) is 0 Å². The summed E-state index contributed by atoms with van der Waals surface area (Å²) in [5.74, 6) is -0.257. The minimum Gasteiger partial charge on any atom is -0.368 e. The first-order valence-corrected chi connectivity index (χ1v) is 7.01. The Morgan fingerprint density at radius 3 is 2.68 bits per heavy atom. The van der Waals surface area contributed by atoms with Crippen LogP contribution < -0.4 is 21.7 Å². The van der Waals surface area contributed by atoms with E-state index in [1.54, 1.807) is 0 Å². The summed E-state index contributed by atoms with van der Waals surface area (Å²) < 4.78 is 0. The second kappa shape index (κ2) is 8.12. The Hall–Kier alpha value is -1.14. The molecule has 5 N–H and O–H groups in total. The maximum Gasteiger partial charge on any atom is 0.237 e. The number of hydrogen-bond donors (Lipinski definition) is 4. The van der Waals surface area contributed by atoms with Gasteiger partial charge in [-0.2, -0.15) is 0 Å². The number of carbonyl (C=O) groups excluding carboxylic acids is 2. The van der Waals surface area contributed by atoms with E-state index in [-0.39, 0.29) is 18.5 Å². The van der Waals surface area contributed by atoms with Gasteiger partial charge in [0.1, 0.15) is 0 Å². The Morgan fingerprint density at radius 2 is 2.16 bits per heavy atom. The van der Waals surface area contributed by atoms with E-state index in [4.69, 9.17) is 5.73 Å². The van der Waals surface area contributed by atoms with E-state index in [9.17, 15) is 9.59 Å². The van der Waals surface area contributed by atoms with Crippen molar-refractivity contribution < 1.29 is 9.59 Å². The second-order valence-electron chi connectivity index (χ2n) is 5.57. The van der Waals surface area contributed by atoms with E-state index in [0.717, 1.165) is 25.9 Å². The summed E-state index contributed by atoms with van der Waals surface area (Å²) in [6.07, 6.45) is 3.08. The Labute approximate surface area is 114 Å². The quantitative estimate of drug-likeness (QED) is 0.471. The van der Waals surface area contributed by atoms with Gasteiger partial charge in [0.25, 0.3) is 0 Å². The fourth-order valence-electron chi connectivity index (χ4n) is 2.27. The molecular weight excluding hydrogens is 244 g/mol. The van der Waals surface area contributed by atoms with E-state index >= 15 is 0 Å². The summed E-state index contributed by atoms with van der Waals surface area (Å²) in [4.78, 5) is 22.7. The van der Waals surface area contributed by atoms with Gasteiger partial charge in [-0.3, -0.25) is 9.59 Å². The van der Waals surface area contributed by atoms with E-state index in [1.807, 2.05) is 0 Å². The predicted molar refractivity (Wildman–Crippen MR) is 74.5 cm³/mol. The summed E-state index contributed by atoms with van der Waals surface area (Å²) in [5, 5.41) is 9.24. The number of nitrogens with one attached hydrogen (secondary N) is 3. The molecule has 6 nitrogen and oxygen atoms in total. The molecule has 2 amide bonds. The first-order chi connectivity index (χ1) is 8.99. The van der Waals surface area contributed by atoms with Crippen LogP contribution in [0.4, 0.5) is 0 Å². The fourth-order valence-corrected chi connectivity index (χ4v) is 2.27. The van der Waals surface area contributed by atoms with Crippen LogP contribution in [-0.4, -0.2) is 43.5 Å². The average molecular weight is 270 g/mol. The first-order valence-electron chi connectivity index (χ1n) is 7.01. The van der Waals surface area contributed by atoms with Gasteiger partial charge < -0.3 is 21.7 Å². The largest absolute Gasteiger partial charge is 0.368 e. The van der Waals surface area contributed by atoms with Gasteiger partial charge >= 0.3 is 0 Å². The van der Waals surface area contributed by atoms with Crippen LogP contribution in [0.1, 0.15) is 33.1 Å². The third kappa shape index (κ3) is 6.54. The number of rotatable bonds is 8. The highest BCUT2D eigenvalue weighted by Crippen LogP contribution is 2.07. The molecule has 1 heterocycles. The number of carbonyl (C=O) groups is 2. The zero-order valence-corrected chi connectivity index (χ0v) is 11.9. The maximum atomic E-state index is 12.0. The minimum absolute atomic E-state index is 0.100. The SMILES string of the molecule is CC(C)C[C@H](NC[C@@H]1CCCN1)C(=O)NCC(N)=O. The third-order valence-corrected chi connectivity index (χ3v) is 3.23. The molecule has 0 saturated carbocycles. The number of amides is 2. The zero-order valence-electron chi connectivity index (χ0n) is 11.9. The van der Waals surface area contributed by atoms with Crippen LogP contribution in [0.15, 0.2) is 0 Å². The average Bonchev–Trinajstić information content (AvgIpc) is 2.84. The number of hydrogen-bond acceptors (Lipinski definition) is 4. The van der Waals surface area contributed by atoms with Crippen molar-refractivity contribution in [3.63, 3.8) is 0 Å². The summed E-state index contributed by atoms with van der Waals surface area (Å²) >= 11 is 0. The fraction of sp³-hybridized carbons (Fsp3) is 0.846. The molecule has 1 fully saturated rings. The van der Waals surface area contributed by atoms with Gasteiger partial charge in [-0.25, -0.2) is 0 Å². The van der Waals surface area contributed by atoms with Crippen LogP contribution in [0.5, 0.6) is 0 Å². The summed E-state index contributed by atoms with van der Waals surface area (Å²) in [5.41, 5.74) is 5.03. The molecule has 0 unspecified atom stereocenters. The monoisotopic (exact) mass is 270 g/mol. The highest BCUT2D eigenvalue weighted by molar-refractivity contribution is 5.86. The van der Waals surface area contributed by atoms with Crippen LogP contribution >= 0.6 is 0 Å². The molecule has 110 valence electrons. The first kappa shape index (κ1) is 15.9. The molecule has 2 atom stereocenters. The van der Waals surface area contributed by atoms with Gasteiger partial charge in [-0.05, 0) is 31.7 Å². The van der Waals surface area contributed by atoms with Crippen molar-refractivity contribution in [3.8, 4) is 0 Å². The molecule has 1 aliphatic heterocycles. The Morgan fingerprint density at radius 1 is 1.42 bits per heavy atom. The van der Waals surface area contributed by atoms with Gasteiger partial charge in [0.15, 0.2) is 0 Å². The highest BCUT2D eigenvalue weighted by Gasteiger charge is 2.22. The number of primary amides is 1. The van der Waals surface area contributed by atoms with Crippen LogP contribution in [0, 0.1) is 5.92 Å². The van der Waals surface area contributed by atoms with Crippen LogP contribution in [0.3, 0.4) is 0 Å². The number of nitrogens with two attached hydrogens (primary N) is 1. The molecule has 1 aliphatic rings. The van der Waals surface area contributed by atoms with Crippen molar-refractivity contribution in [1.82, 2.24) is 16.0 Å². The molecule has 1 saturated heterocycles. The molecule has 0 aromatic carbocycles. The Balaban J connectivity index is 2.40. The highest BCUT2D eigenvalue weighted by atomic mass is 16.2. The van der Waals surface area contributed by atoms with Gasteiger partial charge in [0, 0.05) is 12.6 Å². The lowest BCUT2D eigenvalue weighted by molar-refractivity contribution is -0.126. The van der Waals surface area contributed by atoms with Crippen molar-refractivity contribution in [2.75, 3.05) is 19.6 Å². The Kier molecular flexibility index (Phi) is 6.80. The van der Waals surface area contributed by atoms with Crippen molar-refractivity contribution >= 4 is 11.8 Å². The van der Waals surface area contributed by atoms with Crippen molar-refractivity contribution in [1.29, 1.82) is 0 Å². The molecule has 0 aliphatic carbocycles. The predicted octanol–water partition coefficient (Wildman–Crippen LogP) is -0.656. The van der Waals surface area contributed by atoms with Crippen molar-refractivity contribution in [3.05, 3.63) is 0 Å². The van der Waals surface area contributed by atoms with Crippen molar-refractivity contribution in [2.24, 2.45) is 11.7 Å². The molecule has 6 heteroatoms. The lowest BCUT2D eigenvalue weighted by atomic mass is 10.0. The molecule has 1 rings (SSSR count). The standard InChI is InChI=1S/C13H26N4O2/c1-9(2)6-11(13(19)17-8-12(14)18)16-7-10-4-3-5-15-10/h9-11,15-16H,3-8H2,1-2H3,(H2,14,18)(H,17,19)/t10-,11-/m0/s1. The van der Waals surface area contributed by atoms with Gasteiger partial charge in [0.2, 0.25) is 11.8 Å². The summed E-state index contributed by atoms with van der Waals surface area (Å²) in [6, 6.07) is 0.181. The normalized spacial score (nSPS) is 20.5. The molecule has 0 aromatic rings. The third-order valence-electron chi connectivity index (χ3n) is 3.23. The lowest BCUT2D eigenvalue weighted by Crippen LogP contribution is -2.49. The molecule has 0 spiro atoms. The van der Waals surface area contributed by atoms with Crippen LogP contribution in [-0.2, 0) is 9.59 Å². The van der Waals surface area contributed by atoms with Gasteiger partial charge in [-0.1, -0.05) is 13.8 Å². The van der Waals surface area contributed by atoms with Crippen molar-refractivity contribution in [2.45, 2.75) is 45.2 Å². The topological polar surface area (TPSA) is 96.2 Å². The zero-order chi connectivity index (χ0) is 14.3. The lowest BCUT2D eigenvalue weighted by Gasteiger charge is -2.22. The van der Waals surface area contributed by atoms with E-state index in [1.165, 1.54) is 6.42 Å². The molecule has 0 aromatic heterocycles. The van der Waals surface area contributed by atoms with E-state index < -0.39 is 5.91 Å². The summed E-state index contributed by atoms with van der Waals surface area (Å²) in [6.45, 7) is 5.88. The molecule has 0 bridgehead atoms. The smallest absolute Gasteiger partial charge is 0.237 e. The summed E-state index contributed by atoms with van der Waals surface area (Å²) in [7, 11) is 0. The second-order valence-corrected chi connectivity index (χ2v) is 5.57. The van der Waals surface area contributed by atoms with Gasteiger partial charge in [-0.15, -0.1) is 0 Å². The molecule has 19 heavy (non-hydrogen) atoms. The van der Waals surface area contributed by atoms with Crippen LogP contribution in [0.2, 0.25) is 0 Å². The van der Waals surface area contributed by atoms with Gasteiger partial charge in [0.05, 0.1) is 12.6 Å². The molecule has 0 radical (unpaired) electrons.